The Labute approximate surface area is 158 Å². The molecule has 0 fully saturated rings. The van der Waals surface area contributed by atoms with Gasteiger partial charge in [-0.1, -0.05) is 17.7 Å². The Hall–Kier alpha value is -2.51. The molecule has 1 amide bonds. The van der Waals surface area contributed by atoms with Gasteiger partial charge in [-0.25, -0.2) is 8.78 Å². The zero-order valence-corrected chi connectivity index (χ0v) is 15.2. The Balaban J connectivity index is 1.93. The Morgan fingerprint density at radius 3 is 2.58 bits per heavy atom. The number of halogens is 3. The van der Waals surface area contributed by atoms with E-state index in [4.69, 9.17) is 23.8 Å². The molecule has 0 aliphatic heterocycles. The van der Waals surface area contributed by atoms with Gasteiger partial charge in [-0.2, -0.15) is 0 Å². The number of hydrogen-bond donors (Lipinski definition) is 1. The molecule has 0 unspecified atom stereocenters. The number of aromatic amines is 1. The van der Waals surface area contributed by atoms with Gasteiger partial charge in [-0.15, -0.1) is 0 Å². The van der Waals surface area contributed by atoms with Crippen LogP contribution in [0, 0.1) is 16.4 Å². The number of imidazole rings is 1. The van der Waals surface area contributed by atoms with Gasteiger partial charge in [0.15, 0.2) is 4.77 Å². The van der Waals surface area contributed by atoms with Crippen molar-refractivity contribution in [3.8, 4) is 5.69 Å². The van der Waals surface area contributed by atoms with Crippen molar-refractivity contribution in [1.29, 1.82) is 0 Å². The van der Waals surface area contributed by atoms with Crippen LogP contribution in [0.4, 0.5) is 8.78 Å². The number of benzene rings is 2. The van der Waals surface area contributed by atoms with Crippen molar-refractivity contribution in [3.05, 3.63) is 81.3 Å². The Morgan fingerprint density at radius 1 is 1.23 bits per heavy atom. The summed E-state index contributed by atoms with van der Waals surface area (Å²) in [6.45, 7) is -0.00823. The predicted molar refractivity (Wildman–Crippen MR) is 98.1 cm³/mol. The number of carbonyl (C=O) groups is 1. The van der Waals surface area contributed by atoms with E-state index in [1.54, 1.807) is 6.07 Å². The molecule has 0 spiro atoms. The third-order valence-corrected chi connectivity index (χ3v) is 4.54. The van der Waals surface area contributed by atoms with Crippen molar-refractivity contribution in [2.45, 2.75) is 6.54 Å². The van der Waals surface area contributed by atoms with Gasteiger partial charge >= 0.3 is 0 Å². The first-order valence-corrected chi connectivity index (χ1v) is 8.42. The van der Waals surface area contributed by atoms with E-state index >= 15 is 0 Å². The fraction of sp³-hybridized carbons (Fsp3) is 0.111. The van der Waals surface area contributed by atoms with Crippen molar-refractivity contribution in [3.63, 3.8) is 0 Å². The Kier molecular flexibility index (Phi) is 5.20. The first-order valence-electron chi connectivity index (χ1n) is 7.63. The van der Waals surface area contributed by atoms with Crippen LogP contribution in [0.3, 0.4) is 0 Å². The molecule has 0 aliphatic carbocycles. The zero-order chi connectivity index (χ0) is 18.8. The maximum Gasteiger partial charge on any atom is 0.272 e. The number of carbonyl (C=O) groups excluding carboxylic acids is 1. The van der Waals surface area contributed by atoms with Gasteiger partial charge in [0, 0.05) is 29.5 Å². The highest BCUT2D eigenvalue weighted by atomic mass is 35.5. The highest BCUT2D eigenvalue weighted by Crippen LogP contribution is 2.22. The second-order valence-corrected chi connectivity index (χ2v) is 6.45. The quantitative estimate of drug-likeness (QED) is 0.650. The Bertz CT molecular complexity index is 994. The summed E-state index contributed by atoms with van der Waals surface area (Å²) in [7, 11) is 1.54. The molecule has 26 heavy (non-hydrogen) atoms. The smallest absolute Gasteiger partial charge is 0.272 e. The van der Waals surface area contributed by atoms with Gasteiger partial charge in [0.2, 0.25) is 0 Å². The first-order chi connectivity index (χ1) is 12.4. The summed E-state index contributed by atoms with van der Waals surface area (Å²) < 4.78 is 28.9. The third-order valence-electron chi connectivity index (χ3n) is 3.88. The minimum Gasteiger partial charge on any atom is -0.336 e. The molecule has 1 aromatic heterocycles. The maximum atomic E-state index is 14.0. The van der Waals surface area contributed by atoms with E-state index in [2.05, 4.69) is 4.98 Å². The van der Waals surface area contributed by atoms with Crippen molar-refractivity contribution in [2.24, 2.45) is 0 Å². The fourth-order valence-corrected chi connectivity index (χ4v) is 3.05. The van der Waals surface area contributed by atoms with Crippen LogP contribution in [0.2, 0.25) is 5.02 Å². The zero-order valence-electron chi connectivity index (χ0n) is 13.7. The molecule has 1 N–H and O–H groups in total. The van der Waals surface area contributed by atoms with Gasteiger partial charge in [0.1, 0.15) is 17.3 Å². The Morgan fingerprint density at radius 2 is 1.92 bits per heavy atom. The monoisotopic (exact) mass is 393 g/mol. The molecule has 3 aromatic rings. The number of nitrogens with one attached hydrogen (secondary N) is 1. The summed E-state index contributed by atoms with van der Waals surface area (Å²) in [6.07, 6.45) is 1.47. The van der Waals surface area contributed by atoms with Gasteiger partial charge in [0.05, 0.1) is 6.54 Å². The summed E-state index contributed by atoms with van der Waals surface area (Å²) in [4.78, 5) is 17.0. The molecule has 0 aliphatic rings. The molecule has 134 valence electrons. The minimum absolute atomic E-state index is 0.00823. The average Bonchev–Trinajstić information content (AvgIpc) is 2.99. The van der Waals surface area contributed by atoms with E-state index < -0.39 is 11.6 Å². The minimum atomic E-state index is -0.485. The standard InChI is InChI=1S/C18H14ClF2N3OS/c1-23(10-13-14(19)3-2-4-15(13)21)17(25)16-9-22-18(26)24(16)12-7-5-11(20)6-8-12/h2-9H,10H2,1H3,(H,22,26). The summed E-state index contributed by atoms with van der Waals surface area (Å²) in [5.41, 5.74) is 1.02. The molecule has 0 atom stereocenters. The number of nitrogens with zero attached hydrogens (tertiary/aromatic N) is 2. The number of amides is 1. The highest BCUT2D eigenvalue weighted by Gasteiger charge is 2.20. The molecule has 0 radical (unpaired) electrons. The van der Waals surface area contributed by atoms with Crippen LogP contribution in [-0.2, 0) is 6.54 Å². The van der Waals surface area contributed by atoms with Crippen molar-refractivity contribution < 1.29 is 13.6 Å². The van der Waals surface area contributed by atoms with Crippen molar-refractivity contribution in [2.75, 3.05) is 7.05 Å². The van der Waals surface area contributed by atoms with E-state index in [1.807, 2.05) is 0 Å². The summed E-state index contributed by atoms with van der Waals surface area (Å²) in [6, 6.07) is 9.95. The SMILES string of the molecule is CN(Cc1c(F)cccc1Cl)C(=O)c1c[nH]c(=S)n1-c1ccc(F)cc1. The third kappa shape index (κ3) is 3.54. The van der Waals surface area contributed by atoms with E-state index in [-0.39, 0.29) is 33.5 Å². The van der Waals surface area contributed by atoms with E-state index in [0.717, 1.165) is 0 Å². The summed E-state index contributed by atoms with van der Waals surface area (Å²) in [5.74, 6) is -1.27. The van der Waals surface area contributed by atoms with E-state index in [1.165, 1.54) is 59.1 Å². The molecular formula is C18H14ClF2N3OS. The number of hydrogen-bond acceptors (Lipinski definition) is 2. The van der Waals surface area contributed by atoms with Gasteiger partial charge in [-0.3, -0.25) is 9.36 Å². The van der Waals surface area contributed by atoms with E-state index in [9.17, 15) is 13.6 Å². The topological polar surface area (TPSA) is 41.0 Å². The van der Waals surface area contributed by atoms with Gasteiger partial charge < -0.3 is 9.88 Å². The van der Waals surface area contributed by atoms with Gasteiger partial charge in [-0.05, 0) is 48.6 Å². The van der Waals surface area contributed by atoms with Crippen LogP contribution >= 0.6 is 23.8 Å². The lowest BCUT2D eigenvalue weighted by Crippen LogP contribution is -2.28. The fourth-order valence-electron chi connectivity index (χ4n) is 2.56. The second-order valence-electron chi connectivity index (χ2n) is 5.65. The molecule has 0 saturated heterocycles. The number of H-pyrrole nitrogens is 1. The lowest BCUT2D eigenvalue weighted by molar-refractivity contribution is 0.0776. The maximum absolute atomic E-state index is 14.0. The first kappa shape index (κ1) is 18.3. The normalized spacial score (nSPS) is 10.8. The van der Waals surface area contributed by atoms with Crippen molar-refractivity contribution >= 4 is 29.7 Å². The molecule has 4 nitrogen and oxygen atoms in total. The molecular weight excluding hydrogens is 380 g/mol. The molecule has 1 heterocycles. The van der Waals surface area contributed by atoms with Crippen molar-refractivity contribution in [1.82, 2.24) is 14.5 Å². The van der Waals surface area contributed by atoms with Crippen LogP contribution in [0.25, 0.3) is 5.69 Å². The van der Waals surface area contributed by atoms with E-state index in [0.29, 0.717) is 5.69 Å². The second kappa shape index (κ2) is 7.39. The van der Waals surface area contributed by atoms with Crippen LogP contribution in [0.5, 0.6) is 0 Å². The lowest BCUT2D eigenvalue weighted by Gasteiger charge is -2.19. The largest absolute Gasteiger partial charge is 0.336 e. The highest BCUT2D eigenvalue weighted by molar-refractivity contribution is 7.71. The van der Waals surface area contributed by atoms with Crippen LogP contribution < -0.4 is 0 Å². The molecule has 2 aromatic carbocycles. The summed E-state index contributed by atoms with van der Waals surface area (Å²) in [5, 5.41) is 0.245. The molecule has 0 bridgehead atoms. The van der Waals surface area contributed by atoms with Gasteiger partial charge in [0.25, 0.3) is 5.91 Å². The molecule has 8 heteroatoms. The average molecular weight is 394 g/mol. The molecule has 3 rings (SSSR count). The van der Waals surface area contributed by atoms with Crippen LogP contribution in [-0.4, -0.2) is 27.4 Å². The lowest BCUT2D eigenvalue weighted by atomic mass is 10.2. The number of rotatable bonds is 4. The summed E-state index contributed by atoms with van der Waals surface area (Å²) >= 11 is 11.3. The molecule has 0 saturated carbocycles. The van der Waals surface area contributed by atoms with Crippen LogP contribution in [0.15, 0.2) is 48.7 Å². The predicted octanol–water partition coefficient (Wildman–Crippen LogP) is 4.74. The number of aromatic nitrogens is 2. The van der Waals surface area contributed by atoms with Crippen LogP contribution in [0.1, 0.15) is 16.1 Å².